The second kappa shape index (κ2) is 4.96. The molecular weight excluding hydrogens is 261 g/mol. The molecule has 0 aliphatic heterocycles. The lowest BCUT2D eigenvalue weighted by atomic mass is 10.1. The molecule has 90 valence electrons. The standard InChI is InChI=1S/C11H11Cl2N3O/c12-8-3-1-2-7(11(8)13)9-6-10(14)16(15-9)4-5-17/h1-3,6,17H,4-5,14H2. The molecule has 4 nitrogen and oxygen atoms in total. The van der Waals surface area contributed by atoms with E-state index in [1.807, 2.05) is 6.07 Å². The molecule has 0 aliphatic rings. The minimum Gasteiger partial charge on any atom is -0.394 e. The summed E-state index contributed by atoms with van der Waals surface area (Å²) in [5.74, 6) is 0.477. The Hall–Kier alpha value is -1.23. The smallest absolute Gasteiger partial charge is 0.122 e. The maximum absolute atomic E-state index is 8.86. The van der Waals surface area contributed by atoms with Gasteiger partial charge in [-0.25, -0.2) is 4.68 Å². The molecule has 0 radical (unpaired) electrons. The van der Waals surface area contributed by atoms with Crippen LogP contribution >= 0.6 is 23.2 Å². The van der Waals surface area contributed by atoms with Crippen molar-refractivity contribution in [3.05, 3.63) is 34.3 Å². The average molecular weight is 272 g/mol. The SMILES string of the molecule is Nc1cc(-c2cccc(Cl)c2Cl)nn1CCO. The Morgan fingerprint density at radius 1 is 1.35 bits per heavy atom. The molecule has 0 saturated heterocycles. The predicted octanol–water partition coefficient (Wildman–Crippen LogP) is 2.43. The second-order valence-electron chi connectivity index (χ2n) is 3.50. The topological polar surface area (TPSA) is 64.1 Å². The summed E-state index contributed by atoms with van der Waals surface area (Å²) in [5.41, 5.74) is 7.13. The third kappa shape index (κ3) is 2.39. The molecule has 3 N–H and O–H groups in total. The molecule has 0 aliphatic carbocycles. The Kier molecular flexibility index (Phi) is 3.57. The van der Waals surface area contributed by atoms with Crippen LogP contribution in [-0.2, 0) is 6.54 Å². The summed E-state index contributed by atoms with van der Waals surface area (Å²) in [6, 6.07) is 7.03. The van der Waals surface area contributed by atoms with E-state index < -0.39 is 0 Å². The number of rotatable bonds is 3. The number of nitrogens with zero attached hydrogens (tertiary/aromatic N) is 2. The lowest BCUT2D eigenvalue weighted by Gasteiger charge is -2.02. The van der Waals surface area contributed by atoms with Crippen LogP contribution in [0.15, 0.2) is 24.3 Å². The van der Waals surface area contributed by atoms with E-state index in [9.17, 15) is 0 Å². The monoisotopic (exact) mass is 271 g/mol. The van der Waals surface area contributed by atoms with E-state index in [1.165, 1.54) is 4.68 Å². The summed E-state index contributed by atoms with van der Waals surface area (Å²) in [4.78, 5) is 0. The molecule has 2 rings (SSSR count). The number of aromatic nitrogens is 2. The van der Waals surface area contributed by atoms with Gasteiger partial charge in [-0.15, -0.1) is 0 Å². The number of halogens is 2. The van der Waals surface area contributed by atoms with Crippen LogP contribution in [0.5, 0.6) is 0 Å². The first-order valence-electron chi connectivity index (χ1n) is 5.02. The van der Waals surface area contributed by atoms with Gasteiger partial charge in [-0.05, 0) is 6.07 Å². The van der Waals surface area contributed by atoms with Crippen LogP contribution in [-0.4, -0.2) is 21.5 Å². The number of anilines is 1. The Bertz CT molecular complexity index is 540. The highest BCUT2D eigenvalue weighted by Gasteiger charge is 2.11. The molecule has 0 atom stereocenters. The van der Waals surface area contributed by atoms with Gasteiger partial charge in [0.25, 0.3) is 0 Å². The van der Waals surface area contributed by atoms with Crippen LogP contribution in [0.3, 0.4) is 0 Å². The number of nitrogen functional groups attached to an aromatic ring is 1. The zero-order chi connectivity index (χ0) is 12.4. The summed E-state index contributed by atoms with van der Waals surface area (Å²) in [5, 5.41) is 14.0. The molecule has 1 aromatic heterocycles. The van der Waals surface area contributed by atoms with E-state index >= 15 is 0 Å². The highest BCUT2D eigenvalue weighted by molar-refractivity contribution is 6.43. The normalized spacial score (nSPS) is 10.8. The van der Waals surface area contributed by atoms with E-state index in [-0.39, 0.29) is 6.61 Å². The lowest BCUT2D eigenvalue weighted by molar-refractivity contribution is 0.270. The zero-order valence-electron chi connectivity index (χ0n) is 8.90. The molecule has 0 saturated carbocycles. The molecule has 0 unspecified atom stereocenters. The van der Waals surface area contributed by atoms with E-state index in [4.69, 9.17) is 34.0 Å². The molecule has 17 heavy (non-hydrogen) atoms. The fourth-order valence-corrected chi connectivity index (χ4v) is 1.94. The van der Waals surface area contributed by atoms with Gasteiger partial charge in [0.1, 0.15) is 5.82 Å². The quantitative estimate of drug-likeness (QED) is 0.901. The Morgan fingerprint density at radius 2 is 2.12 bits per heavy atom. The van der Waals surface area contributed by atoms with Gasteiger partial charge in [0.05, 0.1) is 28.9 Å². The van der Waals surface area contributed by atoms with Crippen molar-refractivity contribution in [2.75, 3.05) is 12.3 Å². The molecule has 2 aromatic rings. The Labute approximate surface area is 109 Å². The first-order chi connectivity index (χ1) is 8.13. The summed E-state index contributed by atoms with van der Waals surface area (Å²) < 4.78 is 1.52. The average Bonchev–Trinajstić information content (AvgIpc) is 2.65. The van der Waals surface area contributed by atoms with Gasteiger partial charge in [-0.2, -0.15) is 5.10 Å². The van der Waals surface area contributed by atoms with Crippen molar-refractivity contribution in [3.63, 3.8) is 0 Å². The van der Waals surface area contributed by atoms with Crippen molar-refractivity contribution in [1.82, 2.24) is 9.78 Å². The van der Waals surface area contributed by atoms with E-state index in [0.717, 1.165) is 5.56 Å². The van der Waals surface area contributed by atoms with Crippen molar-refractivity contribution in [3.8, 4) is 11.3 Å². The number of hydrogen-bond donors (Lipinski definition) is 2. The van der Waals surface area contributed by atoms with Gasteiger partial charge < -0.3 is 10.8 Å². The maximum atomic E-state index is 8.86. The molecule has 1 heterocycles. The number of aliphatic hydroxyl groups excluding tert-OH is 1. The van der Waals surface area contributed by atoms with Crippen LogP contribution in [0.2, 0.25) is 10.0 Å². The maximum Gasteiger partial charge on any atom is 0.122 e. The summed E-state index contributed by atoms with van der Waals surface area (Å²) >= 11 is 12.0. The first-order valence-corrected chi connectivity index (χ1v) is 5.77. The number of benzene rings is 1. The van der Waals surface area contributed by atoms with Crippen LogP contribution in [0, 0.1) is 0 Å². The van der Waals surface area contributed by atoms with Crippen molar-refractivity contribution in [2.45, 2.75) is 6.54 Å². The van der Waals surface area contributed by atoms with E-state index in [1.54, 1.807) is 18.2 Å². The van der Waals surface area contributed by atoms with Crippen LogP contribution in [0.25, 0.3) is 11.3 Å². The van der Waals surface area contributed by atoms with Crippen molar-refractivity contribution < 1.29 is 5.11 Å². The largest absolute Gasteiger partial charge is 0.394 e. The van der Waals surface area contributed by atoms with E-state index in [0.29, 0.717) is 28.1 Å². The highest BCUT2D eigenvalue weighted by atomic mass is 35.5. The molecule has 0 fully saturated rings. The number of hydrogen-bond acceptors (Lipinski definition) is 3. The van der Waals surface area contributed by atoms with Crippen molar-refractivity contribution in [2.24, 2.45) is 0 Å². The Balaban J connectivity index is 2.46. The van der Waals surface area contributed by atoms with Gasteiger partial charge >= 0.3 is 0 Å². The Morgan fingerprint density at radius 3 is 2.82 bits per heavy atom. The van der Waals surface area contributed by atoms with Crippen molar-refractivity contribution in [1.29, 1.82) is 0 Å². The molecular formula is C11H11Cl2N3O. The third-order valence-electron chi connectivity index (χ3n) is 2.35. The van der Waals surface area contributed by atoms with Crippen LogP contribution in [0.1, 0.15) is 0 Å². The fraction of sp³-hybridized carbons (Fsp3) is 0.182. The third-order valence-corrected chi connectivity index (χ3v) is 3.17. The second-order valence-corrected chi connectivity index (χ2v) is 4.29. The molecule has 0 amide bonds. The molecule has 6 heteroatoms. The van der Waals surface area contributed by atoms with Crippen LogP contribution in [0.4, 0.5) is 5.82 Å². The van der Waals surface area contributed by atoms with Gasteiger partial charge in [0, 0.05) is 11.6 Å². The highest BCUT2D eigenvalue weighted by Crippen LogP contribution is 2.33. The molecule has 0 bridgehead atoms. The van der Waals surface area contributed by atoms with Crippen molar-refractivity contribution >= 4 is 29.0 Å². The predicted molar refractivity (Wildman–Crippen MR) is 69.2 cm³/mol. The lowest BCUT2D eigenvalue weighted by Crippen LogP contribution is -2.07. The number of aliphatic hydroxyl groups is 1. The zero-order valence-corrected chi connectivity index (χ0v) is 10.4. The van der Waals surface area contributed by atoms with E-state index in [2.05, 4.69) is 5.10 Å². The van der Waals surface area contributed by atoms with Gasteiger partial charge in [0.15, 0.2) is 0 Å². The fourth-order valence-electron chi connectivity index (χ4n) is 1.54. The first kappa shape index (κ1) is 12.2. The van der Waals surface area contributed by atoms with Crippen LogP contribution < -0.4 is 5.73 Å². The number of nitrogens with two attached hydrogens (primary N) is 1. The van der Waals surface area contributed by atoms with Gasteiger partial charge in [-0.3, -0.25) is 0 Å². The molecule has 1 aromatic carbocycles. The summed E-state index contributed by atoms with van der Waals surface area (Å²) in [6.07, 6.45) is 0. The van der Waals surface area contributed by atoms with Gasteiger partial charge in [-0.1, -0.05) is 35.3 Å². The summed E-state index contributed by atoms with van der Waals surface area (Å²) in [7, 11) is 0. The molecule has 0 spiro atoms. The van der Waals surface area contributed by atoms with Gasteiger partial charge in [0.2, 0.25) is 0 Å². The minimum absolute atomic E-state index is 0.0192. The summed E-state index contributed by atoms with van der Waals surface area (Å²) in [6.45, 7) is 0.332. The minimum atomic E-state index is -0.0192.